The molecule has 0 spiro atoms. The normalized spacial score (nSPS) is 10.4. The first kappa shape index (κ1) is 15.3. The summed E-state index contributed by atoms with van der Waals surface area (Å²) in [5, 5.41) is 0.591. The lowest BCUT2D eigenvalue weighted by atomic mass is 10.0. The maximum absolute atomic E-state index is 12.1. The Kier molecular flexibility index (Phi) is 6.51. The molecule has 0 N–H and O–H groups in total. The van der Waals surface area contributed by atoms with Gasteiger partial charge in [0.2, 0.25) is 0 Å². The van der Waals surface area contributed by atoms with Crippen LogP contribution in [0.3, 0.4) is 0 Å². The van der Waals surface area contributed by atoms with Crippen LogP contribution in [0.5, 0.6) is 5.75 Å². The van der Waals surface area contributed by atoms with Crippen molar-refractivity contribution in [3.05, 3.63) is 28.3 Å². The van der Waals surface area contributed by atoms with Crippen molar-refractivity contribution in [3.8, 4) is 5.75 Å². The number of carbonyl (C=O) groups excluding carboxylic acids is 1. The van der Waals surface area contributed by atoms with Crippen molar-refractivity contribution in [2.45, 2.75) is 33.1 Å². The molecule has 2 nitrogen and oxygen atoms in total. The van der Waals surface area contributed by atoms with E-state index in [2.05, 4.69) is 0 Å². The van der Waals surface area contributed by atoms with Gasteiger partial charge in [-0.15, -0.1) is 11.6 Å². The van der Waals surface area contributed by atoms with Crippen LogP contribution in [0.15, 0.2) is 12.1 Å². The molecule has 0 aliphatic carbocycles. The number of alkyl halides is 1. The van der Waals surface area contributed by atoms with E-state index in [1.165, 1.54) is 0 Å². The maximum atomic E-state index is 12.1. The monoisotopic (exact) mass is 288 g/mol. The van der Waals surface area contributed by atoms with Crippen LogP contribution in [-0.2, 0) is 0 Å². The number of Topliss-reactive ketones (excluding diaryl/α,β-unsaturated/α-hetero) is 1. The molecule has 0 radical (unpaired) electrons. The van der Waals surface area contributed by atoms with E-state index in [-0.39, 0.29) is 5.78 Å². The van der Waals surface area contributed by atoms with Crippen LogP contribution < -0.4 is 4.74 Å². The summed E-state index contributed by atoms with van der Waals surface area (Å²) in [6.07, 6.45) is 1.99. The molecule has 1 rings (SSSR count). The van der Waals surface area contributed by atoms with Gasteiger partial charge in [0.05, 0.1) is 12.2 Å². The molecular weight excluding hydrogens is 271 g/mol. The Balaban J connectivity index is 2.98. The molecule has 0 amide bonds. The predicted molar refractivity (Wildman–Crippen MR) is 76.3 cm³/mol. The van der Waals surface area contributed by atoms with Gasteiger partial charge in [-0.05, 0) is 37.5 Å². The highest BCUT2D eigenvalue weighted by Crippen LogP contribution is 2.28. The minimum Gasteiger partial charge on any atom is -0.493 e. The molecule has 4 heteroatoms. The number of carbonyl (C=O) groups is 1. The van der Waals surface area contributed by atoms with Gasteiger partial charge in [0.15, 0.2) is 5.78 Å². The highest BCUT2D eigenvalue weighted by molar-refractivity contribution is 6.31. The summed E-state index contributed by atoms with van der Waals surface area (Å²) < 4.78 is 5.61. The molecular formula is C14H18Cl2O2. The maximum Gasteiger partial charge on any atom is 0.166 e. The van der Waals surface area contributed by atoms with Crippen molar-refractivity contribution in [2.75, 3.05) is 12.5 Å². The van der Waals surface area contributed by atoms with Crippen LogP contribution in [0.2, 0.25) is 5.02 Å². The van der Waals surface area contributed by atoms with E-state index in [4.69, 9.17) is 27.9 Å². The number of aryl methyl sites for hydroxylation is 1. The summed E-state index contributed by atoms with van der Waals surface area (Å²) in [7, 11) is 0. The second-order valence-corrected chi connectivity index (χ2v) is 4.95. The summed E-state index contributed by atoms with van der Waals surface area (Å²) >= 11 is 11.7. The second kappa shape index (κ2) is 7.65. The third-order valence-corrected chi connectivity index (χ3v) is 3.23. The lowest BCUT2D eigenvalue weighted by Crippen LogP contribution is -2.06. The SMILES string of the molecule is CCCOc1cc(C)c(Cl)cc1C(=O)CCCCl. The van der Waals surface area contributed by atoms with Crippen LogP contribution in [0.25, 0.3) is 0 Å². The zero-order chi connectivity index (χ0) is 13.5. The molecule has 0 saturated carbocycles. The first-order valence-electron chi connectivity index (χ1n) is 6.12. The Morgan fingerprint density at radius 3 is 2.72 bits per heavy atom. The molecule has 1 aromatic rings. The first-order chi connectivity index (χ1) is 8.60. The van der Waals surface area contributed by atoms with Gasteiger partial charge >= 0.3 is 0 Å². The lowest BCUT2D eigenvalue weighted by Gasteiger charge is -2.12. The van der Waals surface area contributed by atoms with E-state index in [0.29, 0.717) is 41.7 Å². The highest BCUT2D eigenvalue weighted by atomic mass is 35.5. The van der Waals surface area contributed by atoms with Gasteiger partial charge in [0.1, 0.15) is 5.75 Å². The third kappa shape index (κ3) is 4.18. The lowest BCUT2D eigenvalue weighted by molar-refractivity contribution is 0.0978. The number of halogens is 2. The van der Waals surface area contributed by atoms with E-state index in [1.54, 1.807) is 6.07 Å². The largest absolute Gasteiger partial charge is 0.493 e. The van der Waals surface area contributed by atoms with Crippen LogP contribution >= 0.6 is 23.2 Å². The van der Waals surface area contributed by atoms with E-state index >= 15 is 0 Å². The first-order valence-corrected chi connectivity index (χ1v) is 7.03. The number of rotatable bonds is 7. The fourth-order valence-corrected chi connectivity index (χ4v) is 1.86. The Morgan fingerprint density at radius 2 is 2.11 bits per heavy atom. The van der Waals surface area contributed by atoms with Gasteiger partial charge < -0.3 is 4.74 Å². The second-order valence-electron chi connectivity index (χ2n) is 4.16. The van der Waals surface area contributed by atoms with Gasteiger partial charge in [-0.2, -0.15) is 0 Å². The standard InChI is InChI=1S/C14H18Cl2O2/c1-3-7-18-14-8-10(2)12(16)9-11(14)13(17)5-4-6-15/h8-9H,3-7H2,1-2H3. The Hall–Kier alpha value is -0.730. The molecule has 0 heterocycles. The summed E-state index contributed by atoms with van der Waals surface area (Å²) in [4.78, 5) is 12.1. The van der Waals surface area contributed by atoms with Gasteiger partial charge in [0.25, 0.3) is 0 Å². The molecule has 0 bridgehead atoms. The fourth-order valence-electron chi connectivity index (χ4n) is 1.57. The van der Waals surface area contributed by atoms with Crippen LogP contribution in [-0.4, -0.2) is 18.3 Å². The predicted octanol–water partition coefficient (Wildman–Crippen LogP) is 4.64. The molecule has 0 aliphatic rings. The Labute approximate surface area is 118 Å². The molecule has 1 aromatic carbocycles. The molecule has 0 atom stereocenters. The van der Waals surface area contributed by atoms with E-state index < -0.39 is 0 Å². The van der Waals surface area contributed by atoms with Crippen molar-refractivity contribution >= 4 is 29.0 Å². The van der Waals surface area contributed by atoms with Crippen LogP contribution in [0, 0.1) is 6.92 Å². The number of ketones is 1. The number of hydrogen-bond donors (Lipinski definition) is 0. The molecule has 18 heavy (non-hydrogen) atoms. The van der Waals surface area contributed by atoms with Gasteiger partial charge in [-0.1, -0.05) is 18.5 Å². The summed E-state index contributed by atoms with van der Waals surface area (Å²) in [6.45, 7) is 4.52. The van der Waals surface area contributed by atoms with E-state index in [9.17, 15) is 4.79 Å². The molecule has 0 aliphatic heterocycles. The summed E-state index contributed by atoms with van der Waals surface area (Å²) in [5.41, 5.74) is 1.47. The van der Waals surface area contributed by atoms with E-state index in [1.807, 2.05) is 19.9 Å². The van der Waals surface area contributed by atoms with Gasteiger partial charge in [-0.3, -0.25) is 4.79 Å². The van der Waals surface area contributed by atoms with Crippen LogP contribution in [0.4, 0.5) is 0 Å². The zero-order valence-electron chi connectivity index (χ0n) is 10.8. The Bertz CT molecular complexity index is 417. The number of hydrogen-bond acceptors (Lipinski definition) is 2. The molecule has 0 unspecified atom stereocenters. The van der Waals surface area contributed by atoms with E-state index in [0.717, 1.165) is 12.0 Å². The third-order valence-electron chi connectivity index (χ3n) is 2.56. The number of ether oxygens (including phenoxy) is 1. The van der Waals surface area contributed by atoms with Crippen molar-refractivity contribution in [1.29, 1.82) is 0 Å². The minimum absolute atomic E-state index is 0.0312. The van der Waals surface area contributed by atoms with Gasteiger partial charge in [-0.25, -0.2) is 0 Å². The zero-order valence-corrected chi connectivity index (χ0v) is 12.3. The molecule has 0 fully saturated rings. The Morgan fingerprint density at radius 1 is 1.39 bits per heavy atom. The fraction of sp³-hybridized carbons (Fsp3) is 0.500. The van der Waals surface area contributed by atoms with Crippen molar-refractivity contribution in [2.24, 2.45) is 0 Å². The van der Waals surface area contributed by atoms with Crippen molar-refractivity contribution in [3.63, 3.8) is 0 Å². The van der Waals surface area contributed by atoms with Crippen molar-refractivity contribution < 1.29 is 9.53 Å². The van der Waals surface area contributed by atoms with Gasteiger partial charge in [0, 0.05) is 17.3 Å². The average molecular weight is 289 g/mol. The quantitative estimate of drug-likeness (QED) is 0.540. The molecule has 100 valence electrons. The minimum atomic E-state index is 0.0312. The number of benzene rings is 1. The average Bonchev–Trinajstić information content (AvgIpc) is 2.36. The molecule has 0 aromatic heterocycles. The smallest absolute Gasteiger partial charge is 0.166 e. The summed E-state index contributed by atoms with van der Waals surface area (Å²) in [5.74, 6) is 1.14. The highest BCUT2D eigenvalue weighted by Gasteiger charge is 2.14. The molecule has 0 saturated heterocycles. The van der Waals surface area contributed by atoms with Crippen LogP contribution in [0.1, 0.15) is 42.1 Å². The van der Waals surface area contributed by atoms with Crippen molar-refractivity contribution in [1.82, 2.24) is 0 Å². The summed E-state index contributed by atoms with van der Waals surface area (Å²) in [6, 6.07) is 3.52. The topological polar surface area (TPSA) is 26.3 Å².